The monoisotopic (exact) mass is 290 g/mol. The van der Waals surface area contributed by atoms with Gasteiger partial charge in [-0.25, -0.2) is 9.78 Å². The number of aromatic carboxylic acids is 1. The Hall–Kier alpha value is -1.72. The van der Waals surface area contributed by atoms with Gasteiger partial charge in [0, 0.05) is 23.4 Å². The van der Waals surface area contributed by atoms with Crippen molar-refractivity contribution in [1.29, 1.82) is 0 Å². The molecule has 0 aliphatic carbocycles. The predicted octanol–water partition coefficient (Wildman–Crippen LogP) is 2.92. The summed E-state index contributed by atoms with van der Waals surface area (Å²) in [6, 6.07) is 6.88. The quantitative estimate of drug-likeness (QED) is 0.920. The summed E-state index contributed by atoms with van der Waals surface area (Å²) in [6.45, 7) is 3.03. The molecule has 2 aromatic rings. The van der Waals surface area contributed by atoms with Crippen molar-refractivity contribution in [3.8, 4) is 11.3 Å². The summed E-state index contributed by atoms with van der Waals surface area (Å²) in [7, 11) is 4.10. The molecule has 0 bridgehead atoms. The molecule has 106 valence electrons. The zero-order valence-electron chi connectivity index (χ0n) is 11.9. The number of thiazole rings is 1. The molecule has 20 heavy (non-hydrogen) atoms. The van der Waals surface area contributed by atoms with Gasteiger partial charge in [-0.3, -0.25) is 0 Å². The van der Waals surface area contributed by atoms with Crippen LogP contribution in [0.15, 0.2) is 24.3 Å². The van der Waals surface area contributed by atoms with Crippen molar-refractivity contribution in [2.45, 2.75) is 13.3 Å². The van der Waals surface area contributed by atoms with Crippen molar-refractivity contribution in [3.05, 3.63) is 39.7 Å². The number of carboxylic acids is 1. The summed E-state index contributed by atoms with van der Waals surface area (Å²) in [5.74, 6) is -0.904. The van der Waals surface area contributed by atoms with Gasteiger partial charge in [-0.15, -0.1) is 11.3 Å². The average molecular weight is 290 g/mol. The van der Waals surface area contributed by atoms with E-state index in [1.807, 2.05) is 26.2 Å². The van der Waals surface area contributed by atoms with Crippen molar-refractivity contribution in [1.82, 2.24) is 9.88 Å². The molecular weight excluding hydrogens is 272 g/mol. The molecule has 0 aliphatic rings. The predicted molar refractivity (Wildman–Crippen MR) is 81.5 cm³/mol. The normalized spacial score (nSPS) is 11.0. The van der Waals surface area contributed by atoms with E-state index >= 15 is 0 Å². The Morgan fingerprint density at radius 3 is 2.50 bits per heavy atom. The first-order valence-electron chi connectivity index (χ1n) is 6.42. The van der Waals surface area contributed by atoms with Crippen molar-refractivity contribution in [2.75, 3.05) is 20.6 Å². The highest BCUT2D eigenvalue weighted by molar-refractivity contribution is 7.12. The number of hydrogen-bond acceptors (Lipinski definition) is 4. The number of benzene rings is 1. The van der Waals surface area contributed by atoms with Gasteiger partial charge >= 0.3 is 5.97 Å². The van der Waals surface area contributed by atoms with Crippen LogP contribution in [0.5, 0.6) is 0 Å². The van der Waals surface area contributed by atoms with E-state index in [1.54, 1.807) is 23.5 Å². The third-order valence-electron chi connectivity index (χ3n) is 3.02. The number of nitrogens with zero attached hydrogens (tertiary/aromatic N) is 2. The fourth-order valence-electron chi connectivity index (χ4n) is 1.92. The van der Waals surface area contributed by atoms with Gasteiger partial charge in [0.1, 0.15) is 0 Å². The molecular formula is C15H18N2O2S. The first-order chi connectivity index (χ1) is 9.47. The Morgan fingerprint density at radius 2 is 1.95 bits per heavy atom. The molecule has 5 heteroatoms. The topological polar surface area (TPSA) is 53.4 Å². The van der Waals surface area contributed by atoms with E-state index < -0.39 is 5.97 Å². The lowest BCUT2D eigenvalue weighted by molar-refractivity contribution is 0.0697. The van der Waals surface area contributed by atoms with Crippen molar-refractivity contribution < 1.29 is 9.90 Å². The van der Waals surface area contributed by atoms with E-state index in [0.29, 0.717) is 5.56 Å². The molecule has 1 heterocycles. The molecule has 0 unspecified atom stereocenters. The van der Waals surface area contributed by atoms with Gasteiger partial charge in [-0.1, -0.05) is 12.1 Å². The molecule has 0 amide bonds. The Bertz CT molecular complexity index is 603. The maximum absolute atomic E-state index is 10.9. The number of carbonyl (C=O) groups is 1. The molecule has 4 nitrogen and oxygen atoms in total. The first-order valence-corrected chi connectivity index (χ1v) is 7.24. The summed E-state index contributed by atoms with van der Waals surface area (Å²) in [5, 5.41) is 10.0. The smallest absolute Gasteiger partial charge is 0.335 e. The molecule has 0 saturated carbocycles. The summed E-state index contributed by atoms with van der Waals surface area (Å²) in [5.41, 5.74) is 2.23. The number of hydrogen-bond donors (Lipinski definition) is 1. The maximum atomic E-state index is 10.9. The van der Waals surface area contributed by atoms with Crippen LogP contribution in [0.25, 0.3) is 11.3 Å². The van der Waals surface area contributed by atoms with Gasteiger partial charge in [-0.2, -0.15) is 0 Å². The number of carboxylic acid groups (broad SMARTS) is 1. The second-order valence-electron chi connectivity index (χ2n) is 4.95. The van der Waals surface area contributed by atoms with E-state index in [0.717, 1.165) is 29.2 Å². The minimum atomic E-state index is -0.904. The van der Waals surface area contributed by atoms with Crippen molar-refractivity contribution in [2.24, 2.45) is 0 Å². The van der Waals surface area contributed by atoms with Crippen molar-refractivity contribution in [3.63, 3.8) is 0 Å². The van der Waals surface area contributed by atoms with E-state index in [1.165, 1.54) is 4.88 Å². The van der Waals surface area contributed by atoms with Gasteiger partial charge < -0.3 is 10.0 Å². The van der Waals surface area contributed by atoms with Crippen molar-refractivity contribution >= 4 is 17.3 Å². The Kier molecular flexibility index (Phi) is 4.52. The lowest BCUT2D eigenvalue weighted by atomic mass is 10.1. The maximum Gasteiger partial charge on any atom is 0.335 e. The molecule has 0 radical (unpaired) electrons. The molecule has 0 fully saturated rings. The minimum absolute atomic E-state index is 0.300. The number of aryl methyl sites for hydroxylation is 1. The zero-order chi connectivity index (χ0) is 14.7. The van der Waals surface area contributed by atoms with Gasteiger partial charge in [0.25, 0.3) is 0 Å². The fourth-order valence-corrected chi connectivity index (χ4v) is 2.86. The van der Waals surface area contributed by atoms with Crippen LogP contribution in [0.3, 0.4) is 0 Å². The van der Waals surface area contributed by atoms with Crippen LogP contribution in [0, 0.1) is 6.92 Å². The number of likely N-dealkylation sites (N-methyl/N-ethyl adjacent to an activating group) is 1. The van der Waals surface area contributed by atoms with Gasteiger partial charge in [-0.05, 0) is 33.2 Å². The molecule has 0 saturated heterocycles. The van der Waals surface area contributed by atoms with E-state index in [-0.39, 0.29) is 0 Å². The summed E-state index contributed by atoms with van der Waals surface area (Å²) < 4.78 is 0. The lowest BCUT2D eigenvalue weighted by Crippen LogP contribution is -2.14. The SMILES string of the molecule is Cc1sc(CCN(C)C)nc1-c1ccc(C(=O)O)cc1. The number of rotatable bonds is 5. The van der Waals surface area contributed by atoms with Crippen LogP contribution >= 0.6 is 11.3 Å². The molecule has 1 N–H and O–H groups in total. The highest BCUT2D eigenvalue weighted by Gasteiger charge is 2.11. The third-order valence-corrected chi connectivity index (χ3v) is 4.05. The molecule has 1 aromatic heterocycles. The fraction of sp³-hybridized carbons (Fsp3) is 0.333. The van der Waals surface area contributed by atoms with Gasteiger partial charge in [0.15, 0.2) is 0 Å². The largest absolute Gasteiger partial charge is 0.478 e. The standard InChI is InChI=1S/C15H18N2O2S/c1-10-14(16-13(20-10)8-9-17(2)3)11-4-6-12(7-5-11)15(18)19/h4-7H,8-9H2,1-3H3,(H,18,19). The second kappa shape index (κ2) is 6.15. The Labute approximate surface area is 122 Å². The van der Waals surface area contributed by atoms with Gasteiger partial charge in [0.2, 0.25) is 0 Å². The highest BCUT2D eigenvalue weighted by atomic mass is 32.1. The Morgan fingerprint density at radius 1 is 1.30 bits per heavy atom. The second-order valence-corrected chi connectivity index (χ2v) is 6.24. The number of aromatic nitrogens is 1. The molecule has 0 aliphatic heterocycles. The van der Waals surface area contributed by atoms with E-state index in [9.17, 15) is 4.79 Å². The van der Waals surface area contributed by atoms with Crippen LogP contribution in [0.4, 0.5) is 0 Å². The van der Waals surface area contributed by atoms with E-state index in [4.69, 9.17) is 5.11 Å². The third kappa shape index (κ3) is 3.43. The molecule has 0 atom stereocenters. The van der Waals surface area contributed by atoms with E-state index in [2.05, 4.69) is 16.8 Å². The Balaban J connectivity index is 2.21. The average Bonchev–Trinajstić information content (AvgIpc) is 2.78. The molecule has 0 spiro atoms. The van der Waals surface area contributed by atoms with Crippen LogP contribution < -0.4 is 0 Å². The first kappa shape index (κ1) is 14.7. The van der Waals surface area contributed by atoms with Crippen LogP contribution in [0.2, 0.25) is 0 Å². The van der Waals surface area contributed by atoms with Crippen LogP contribution in [-0.2, 0) is 6.42 Å². The molecule has 2 rings (SSSR count). The van der Waals surface area contributed by atoms with Crippen LogP contribution in [0.1, 0.15) is 20.2 Å². The minimum Gasteiger partial charge on any atom is -0.478 e. The summed E-state index contributed by atoms with van der Waals surface area (Å²) in [6.07, 6.45) is 0.936. The van der Waals surface area contributed by atoms with Gasteiger partial charge in [0.05, 0.1) is 16.3 Å². The summed E-state index contributed by atoms with van der Waals surface area (Å²) in [4.78, 5) is 18.8. The summed E-state index contributed by atoms with van der Waals surface area (Å²) >= 11 is 1.71. The zero-order valence-corrected chi connectivity index (χ0v) is 12.7. The van der Waals surface area contributed by atoms with Crippen LogP contribution in [-0.4, -0.2) is 41.6 Å². The lowest BCUT2D eigenvalue weighted by Gasteiger charge is -2.06. The molecule has 1 aromatic carbocycles. The highest BCUT2D eigenvalue weighted by Crippen LogP contribution is 2.28.